The number of nitrogens with two attached hydrogens (primary N) is 1. The zero-order chi connectivity index (χ0) is 27.7. The summed E-state index contributed by atoms with van der Waals surface area (Å²) in [6.07, 6.45) is 2.92. The van der Waals surface area contributed by atoms with Gasteiger partial charge in [-0.25, -0.2) is 18.5 Å². The maximum Gasteiger partial charge on any atom is 0.238 e. The predicted octanol–water partition coefficient (Wildman–Crippen LogP) is 3.43. The number of nitrogens with one attached hydrogen (secondary N) is 1. The molecule has 3 heterocycles. The van der Waals surface area contributed by atoms with Gasteiger partial charge in [0.1, 0.15) is 5.75 Å². The van der Waals surface area contributed by atoms with Crippen LogP contribution in [0.25, 0.3) is 0 Å². The van der Waals surface area contributed by atoms with Gasteiger partial charge in [-0.3, -0.25) is 10.2 Å². The molecule has 0 bridgehead atoms. The van der Waals surface area contributed by atoms with Crippen LogP contribution in [0.2, 0.25) is 0 Å². The molecular weight excluding hydrogens is 532 g/mol. The lowest BCUT2D eigenvalue weighted by atomic mass is 10.0. The van der Waals surface area contributed by atoms with Crippen molar-refractivity contribution in [1.82, 2.24) is 15.1 Å². The number of fused-ring (bicyclic) bond motifs is 1. The maximum atomic E-state index is 11.5. The number of rotatable bonds is 6. The number of likely N-dealkylation sites (tertiary alicyclic amines) is 1. The molecule has 0 amide bonds. The number of aryl methyl sites for hydroxylation is 2. The van der Waals surface area contributed by atoms with Crippen molar-refractivity contribution >= 4 is 27.7 Å². The molecule has 0 aliphatic carbocycles. The summed E-state index contributed by atoms with van der Waals surface area (Å²) in [6, 6.07) is 13.2. The van der Waals surface area contributed by atoms with Crippen LogP contribution < -0.4 is 15.2 Å². The van der Waals surface area contributed by atoms with Crippen molar-refractivity contribution in [3.63, 3.8) is 0 Å². The molecule has 206 valence electrons. The third-order valence-corrected chi connectivity index (χ3v) is 9.65. The average Bonchev–Trinajstić information content (AvgIpc) is 3.40. The molecule has 3 N–H and O–H groups in total. The molecule has 2 saturated heterocycles. The smallest absolute Gasteiger partial charge is 0.238 e. The number of benzene rings is 2. The topological polar surface area (TPSA) is 124 Å². The van der Waals surface area contributed by atoms with Gasteiger partial charge in [0.2, 0.25) is 21.9 Å². The van der Waals surface area contributed by atoms with Gasteiger partial charge in [0, 0.05) is 32.4 Å². The van der Waals surface area contributed by atoms with Crippen LogP contribution in [0.3, 0.4) is 0 Å². The minimum absolute atomic E-state index is 0.135. The van der Waals surface area contributed by atoms with E-state index in [2.05, 4.69) is 28.2 Å². The Bertz CT molecular complexity index is 1430. The predicted molar refractivity (Wildman–Crippen MR) is 154 cm³/mol. The number of ether oxygens (including phenoxy) is 1. The van der Waals surface area contributed by atoms with Crippen LogP contribution in [-0.4, -0.2) is 62.2 Å². The molecule has 0 spiro atoms. The molecule has 2 aromatic carbocycles. The van der Waals surface area contributed by atoms with E-state index in [-0.39, 0.29) is 17.0 Å². The zero-order valence-electron chi connectivity index (χ0n) is 22.5. The molecule has 3 aliphatic heterocycles. The molecule has 9 nitrogen and oxygen atoms in total. The molecule has 0 aromatic heterocycles. The summed E-state index contributed by atoms with van der Waals surface area (Å²) in [4.78, 5) is 11.1. The van der Waals surface area contributed by atoms with Gasteiger partial charge >= 0.3 is 0 Å². The number of nitrogens with zero attached hydrogens (tertiary/aromatic N) is 4. The lowest BCUT2D eigenvalue weighted by Gasteiger charge is -2.37. The summed E-state index contributed by atoms with van der Waals surface area (Å²) in [5, 5.41) is 18.0. The van der Waals surface area contributed by atoms with Crippen LogP contribution in [0.4, 0.5) is 0 Å². The summed E-state index contributed by atoms with van der Waals surface area (Å²) < 4.78 is 29.5. The Labute approximate surface area is 234 Å². The van der Waals surface area contributed by atoms with Crippen molar-refractivity contribution in [2.75, 3.05) is 25.9 Å². The standard InChI is InChI=1S/C28H34N6O3S2/c1-18-14-21(16-29)15-19(2)25(18)37-27-26-24(10-13-38-26)33(3)28(32-27)31-22-8-11-34(12-9-22)17-20-4-6-23(7-5-20)39(30,35)36/h4-7,14-15,22,24H,8-13,17H2,1-3H3,(H,31,32)(H2,30,35,36). The van der Waals surface area contributed by atoms with E-state index in [9.17, 15) is 13.7 Å². The van der Waals surface area contributed by atoms with E-state index in [1.165, 1.54) is 4.91 Å². The van der Waals surface area contributed by atoms with E-state index in [1.54, 1.807) is 12.1 Å². The Kier molecular flexibility index (Phi) is 7.91. The van der Waals surface area contributed by atoms with Crippen molar-refractivity contribution in [3.8, 4) is 11.8 Å². The third-order valence-electron chi connectivity index (χ3n) is 7.52. The first-order chi connectivity index (χ1) is 18.6. The quantitative estimate of drug-likeness (QED) is 0.545. The Balaban J connectivity index is 1.26. The molecule has 1 atom stereocenters. The van der Waals surface area contributed by atoms with Crippen LogP contribution in [0.5, 0.6) is 5.75 Å². The second kappa shape index (κ2) is 11.2. The number of likely N-dealkylation sites (N-methyl/N-ethyl adjacent to an activating group) is 1. The first-order valence-corrected chi connectivity index (χ1v) is 15.6. The second-order valence-electron chi connectivity index (χ2n) is 10.4. The van der Waals surface area contributed by atoms with Gasteiger partial charge in [0.25, 0.3) is 0 Å². The molecule has 0 saturated carbocycles. The van der Waals surface area contributed by atoms with Crippen molar-refractivity contribution in [2.45, 2.75) is 56.6 Å². The highest BCUT2D eigenvalue weighted by atomic mass is 32.2. The fraction of sp³-hybridized carbons (Fsp3) is 0.429. The van der Waals surface area contributed by atoms with Crippen LogP contribution >= 0.6 is 11.8 Å². The Morgan fingerprint density at radius 1 is 1.15 bits per heavy atom. The van der Waals surface area contributed by atoms with Crippen LogP contribution in [0, 0.1) is 25.2 Å². The summed E-state index contributed by atoms with van der Waals surface area (Å²) in [5.41, 5.74) is 3.57. The number of hydrogen-bond acceptors (Lipinski definition) is 7. The second-order valence-corrected chi connectivity index (χ2v) is 13.1. The SMILES string of the molecule is Cc1cc(C#N)cc(C)c1OC1=C2SCCC2N(C)C(=NC2CCN(Cc3ccc(S(N)(=O)=O)cc3)CC2)N1. The Hall–Kier alpha value is -3.04. The van der Waals surface area contributed by atoms with Crippen molar-refractivity contribution in [2.24, 2.45) is 10.1 Å². The molecule has 1 unspecified atom stereocenters. The Morgan fingerprint density at radius 3 is 2.44 bits per heavy atom. The average molecular weight is 567 g/mol. The van der Waals surface area contributed by atoms with Crippen molar-refractivity contribution in [1.29, 1.82) is 5.26 Å². The van der Waals surface area contributed by atoms with E-state index in [4.69, 9.17) is 14.9 Å². The van der Waals surface area contributed by atoms with Crippen LogP contribution in [0.15, 0.2) is 57.1 Å². The van der Waals surface area contributed by atoms with E-state index < -0.39 is 10.0 Å². The summed E-state index contributed by atoms with van der Waals surface area (Å²) in [5.74, 6) is 3.40. The monoisotopic (exact) mass is 566 g/mol. The van der Waals surface area contributed by atoms with E-state index in [1.807, 2.05) is 49.9 Å². The van der Waals surface area contributed by atoms with Crippen LogP contribution in [-0.2, 0) is 16.6 Å². The normalized spacial score (nSPS) is 21.6. The number of primary sulfonamides is 1. The Morgan fingerprint density at radius 2 is 1.82 bits per heavy atom. The lowest BCUT2D eigenvalue weighted by molar-refractivity contribution is 0.205. The maximum absolute atomic E-state index is 11.5. The molecule has 3 aliphatic rings. The summed E-state index contributed by atoms with van der Waals surface area (Å²) in [6.45, 7) is 6.53. The number of hydrogen-bond donors (Lipinski definition) is 2. The fourth-order valence-corrected chi connectivity index (χ4v) is 7.16. The van der Waals surface area contributed by atoms with Gasteiger partial charge in [-0.2, -0.15) is 5.26 Å². The third kappa shape index (κ3) is 6.09. The van der Waals surface area contributed by atoms with E-state index in [0.29, 0.717) is 5.56 Å². The number of thioether (sulfide) groups is 1. The number of guanidine groups is 1. The van der Waals surface area contributed by atoms with Crippen molar-refractivity contribution in [3.05, 3.63) is 69.4 Å². The minimum atomic E-state index is -3.68. The lowest BCUT2D eigenvalue weighted by Crippen LogP contribution is -2.50. The van der Waals surface area contributed by atoms with Gasteiger partial charge in [-0.15, -0.1) is 11.8 Å². The van der Waals surface area contributed by atoms with Gasteiger partial charge in [-0.05, 0) is 74.1 Å². The van der Waals surface area contributed by atoms with Gasteiger partial charge in [0.05, 0.1) is 33.5 Å². The number of sulfonamides is 1. The molecule has 5 rings (SSSR count). The van der Waals surface area contributed by atoms with E-state index in [0.717, 1.165) is 78.9 Å². The highest BCUT2D eigenvalue weighted by Gasteiger charge is 2.37. The van der Waals surface area contributed by atoms with E-state index >= 15 is 0 Å². The molecule has 11 heteroatoms. The minimum Gasteiger partial charge on any atom is -0.439 e. The van der Waals surface area contributed by atoms with Gasteiger partial charge in [-0.1, -0.05) is 12.1 Å². The largest absolute Gasteiger partial charge is 0.439 e. The van der Waals surface area contributed by atoms with Crippen molar-refractivity contribution < 1.29 is 13.2 Å². The molecule has 0 radical (unpaired) electrons. The summed E-state index contributed by atoms with van der Waals surface area (Å²) in [7, 11) is -1.58. The first kappa shape index (κ1) is 27.5. The summed E-state index contributed by atoms with van der Waals surface area (Å²) >= 11 is 1.82. The fourth-order valence-electron chi connectivity index (χ4n) is 5.39. The van der Waals surface area contributed by atoms with Crippen LogP contribution in [0.1, 0.15) is 41.5 Å². The molecule has 39 heavy (non-hydrogen) atoms. The number of nitriles is 1. The zero-order valence-corrected chi connectivity index (χ0v) is 24.1. The van der Waals surface area contributed by atoms with Gasteiger partial charge in [0.15, 0.2) is 0 Å². The molecule has 2 fully saturated rings. The number of aliphatic imine (C=N–C) groups is 1. The highest BCUT2D eigenvalue weighted by Crippen LogP contribution is 2.39. The molecule has 2 aromatic rings. The highest BCUT2D eigenvalue weighted by molar-refractivity contribution is 8.03. The number of piperidine rings is 1. The van der Waals surface area contributed by atoms with Gasteiger partial charge < -0.3 is 9.64 Å². The molecular formula is C28H34N6O3S2. The first-order valence-electron chi connectivity index (χ1n) is 13.1.